The Morgan fingerprint density at radius 3 is 1.74 bits per heavy atom. The zero-order valence-corrected chi connectivity index (χ0v) is 13.3. The molecule has 0 heterocycles. The Hall–Kier alpha value is -4.36. The summed E-state index contributed by atoms with van der Waals surface area (Å²) < 4.78 is 0. The number of phenolic OH excluding ortho intramolecular Hbond substituents is 2. The van der Waals surface area contributed by atoms with Crippen molar-refractivity contribution in [3.05, 3.63) is 76.4 Å². The third kappa shape index (κ3) is 4.81. The zero-order chi connectivity index (χ0) is 20.9. The first-order valence-corrected chi connectivity index (χ1v) is 6.70. The van der Waals surface area contributed by atoms with Gasteiger partial charge in [0, 0.05) is 17.7 Å². The van der Waals surface area contributed by atoms with Crippen LogP contribution in [0.2, 0.25) is 0 Å². The molecule has 0 aliphatic heterocycles. The second-order valence-electron chi connectivity index (χ2n) is 4.80. The monoisotopic (exact) mass is 382 g/mol. The van der Waals surface area contributed by atoms with Gasteiger partial charge in [-0.05, 0) is 13.0 Å². The predicted octanol–water partition coefficient (Wildman–Crippen LogP) is 2.73. The molecule has 0 saturated carbocycles. The fourth-order valence-corrected chi connectivity index (χ4v) is 1.84. The van der Waals surface area contributed by atoms with Gasteiger partial charge in [-0.2, -0.15) is 0 Å². The Bertz CT molecular complexity index is 943. The summed E-state index contributed by atoms with van der Waals surface area (Å²) in [5, 5.41) is 59.4. The van der Waals surface area contributed by atoms with E-state index in [9.17, 15) is 45.6 Å². The summed E-state index contributed by atoms with van der Waals surface area (Å²) in [6.45, 7) is 1.36. The van der Waals surface area contributed by atoms with Crippen molar-refractivity contribution >= 4 is 22.7 Å². The normalized spacial score (nSPS) is 9.67. The molecule has 14 nitrogen and oxygen atoms in total. The van der Waals surface area contributed by atoms with Crippen molar-refractivity contribution in [1.82, 2.24) is 0 Å². The lowest BCUT2D eigenvalue weighted by Crippen LogP contribution is -1.96. The van der Waals surface area contributed by atoms with Crippen molar-refractivity contribution in [2.24, 2.45) is 0 Å². The van der Waals surface area contributed by atoms with E-state index in [2.05, 4.69) is 0 Å². The molecule has 0 amide bonds. The minimum atomic E-state index is -0.993. The number of benzene rings is 2. The van der Waals surface area contributed by atoms with Gasteiger partial charge in [0.2, 0.25) is 5.75 Å². The molecule has 0 aliphatic rings. The van der Waals surface area contributed by atoms with Crippen LogP contribution in [0, 0.1) is 47.4 Å². The largest absolute Gasteiger partial charge is 0.502 e. The van der Waals surface area contributed by atoms with Gasteiger partial charge in [-0.3, -0.25) is 40.5 Å². The number of phenols is 2. The van der Waals surface area contributed by atoms with E-state index < -0.39 is 53.9 Å². The van der Waals surface area contributed by atoms with E-state index in [4.69, 9.17) is 5.11 Å². The Morgan fingerprint density at radius 1 is 0.778 bits per heavy atom. The van der Waals surface area contributed by atoms with Gasteiger partial charge in [0.25, 0.3) is 5.69 Å². The second kappa shape index (κ2) is 8.15. The van der Waals surface area contributed by atoms with Crippen molar-refractivity contribution in [3.8, 4) is 11.5 Å². The molecule has 0 unspecified atom stereocenters. The smallest absolute Gasteiger partial charge is 0.387 e. The molecular weight excluding hydrogens is 372 g/mol. The lowest BCUT2D eigenvalue weighted by Gasteiger charge is -1.99. The molecule has 0 spiro atoms. The van der Waals surface area contributed by atoms with Gasteiger partial charge in [0.1, 0.15) is 0 Å². The molecule has 0 aromatic heterocycles. The first-order chi connectivity index (χ1) is 12.5. The lowest BCUT2D eigenvalue weighted by atomic mass is 10.1. The van der Waals surface area contributed by atoms with E-state index in [-0.39, 0.29) is 5.56 Å². The highest BCUT2D eigenvalue weighted by Gasteiger charge is 2.27. The van der Waals surface area contributed by atoms with Gasteiger partial charge in [0.15, 0.2) is 5.75 Å². The summed E-state index contributed by atoms with van der Waals surface area (Å²) in [4.78, 5) is 37.7. The van der Waals surface area contributed by atoms with E-state index in [0.717, 1.165) is 24.3 Å². The van der Waals surface area contributed by atoms with Crippen LogP contribution < -0.4 is 0 Å². The molecule has 0 atom stereocenters. The van der Waals surface area contributed by atoms with Crippen LogP contribution in [-0.2, 0) is 0 Å². The van der Waals surface area contributed by atoms with Gasteiger partial charge in [-0.15, -0.1) is 0 Å². The number of hydrogen-bond acceptors (Lipinski definition) is 10. The van der Waals surface area contributed by atoms with E-state index in [1.54, 1.807) is 0 Å². The fraction of sp³-hybridized carbons (Fsp3) is 0.0769. The minimum Gasteiger partial charge on any atom is -0.502 e. The van der Waals surface area contributed by atoms with E-state index in [0.29, 0.717) is 0 Å². The Labute approximate surface area is 148 Å². The summed E-state index contributed by atoms with van der Waals surface area (Å²) in [5.74, 6) is -1.25. The topological polar surface area (TPSA) is 213 Å². The SMILES string of the molecule is Cc1cc([N+](=O)[O-])cc([N+](=O)[O-])c1O.O=[N+]([O-])c1cccc(O)c1[N+](=O)[O-]. The number of aryl methyl sites for hydroxylation is 1. The first kappa shape index (κ1) is 20.7. The number of nitro groups is 4. The number of para-hydroxylation sites is 1. The van der Waals surface area contributed by atoms with Crippen LogP contribution in [0.5, 0.6) is 11.5 Å². The molecule has 0 saturated heterocycles. The summed E-state index contributed by atoms with van der Waals surface area (Å²) in [6, 6.07) is 4.94. The Morgan fingerprint density at radius 2 is 1.33 bits per heavy atom. The average molecular weight is 382 g/mol. The molecule has 0 radical (unpaired) electrons. The summed E-state index contributed by atoms with van der Waals surface area (Å²) >= 11 is 0. The molecule has 2 aromatic rings. The molecule has 0 fully saturated rings. The number of non-ortho nitro benzene ring substituents is 1. The number of nitro benzene ring substituents is 4. The van der Waals surface area contributed by atoms with Crippen LogP contribution in [0.4, 0.5) is 22.7 Å². The third-order valence-corrected chi connectivity index (χ3v) is 3.05. The molecular formula is C13H10N4O10. The summed E-state index contributed by atoms with van der Waals surface area (Å²) in [7, 11) is 0. The lowest BCUT2D eigenvalue weighted by molar-refractivity contribution is -0.423. The number of hydrogen-bond donors (Lipinski definition) is 2. The van der Waals surface area contributed by atoms with Gasteiger partial charge >= 0.3 is 17.1 Å². The highest BCUT2D eigenvalue weighted by atomic mass is 16.6. The zero-order valence-electron chi connectivity index (χ0n) is 13.3. The highest BCUT2D eigenvalue weighted by molar-refractivity contribution is 5.60. The average Bonchev–Trinajstić information content (AvgIpc) is 2.56. The maximum Gasteiger partial charge on any atom is 0.387 e. The van der Waals surface area contributed by atoms with Crippen LogP contribution in [0.1, 0.15) is 5.56 Å². The second-order valence-corrected chi connectivity index (χ2v) is 4.80. The van der Waals surface area contributed by atoms with Crippen molar-refractivity contribution in [2.75, 3.05) is 0 Å². The molecule has 14 heteroatoms. The van der Waals surface area contributed by atoms with Crippen molar-refractivity contribution in [2.45, 2.75) is 6.92 Å². The number of nitrogens with zero attached hydrogens (tertiary/aromatic N) is 4. The van der Waals surface area contributed by atoms with E-state index >= 15 is 0 Å². The third-order valence-electron chi connectivity index (χ3n) is 3.05. The van der Waals surface area contributed by atoms with Crippen LogP contribution in [0.15, 0.2) is 30.3 Å². The molecule has 27 heavy (non-hydrogen) atoms. The molecule has 2 aromatic carbocycles. The number of rotatable bonds is 4. The molecule has 0 aliphatic carbocycles. The Kier molecular flexibility index (Phi) is 6.24. The maximum absolute atomic E-state index is 10.4. The van der Waals surface area contributed by atoms with Crippen molar-refractivity contribution in [3.63, 3.8) is 0 Å². The van der Waals surface area contributed by atoms with Gasteiger partial charge in [-0.25, -0.2) is 0 Å². The van der Waals surface area contributed by atoms with Gasteiger partial charge in [-0.1, -0.05) is 6.07 Å². The first-order valence-electron chi connectivity index (χ1n) is 6.70. The van der Waals surface area contributed by atoms with E-state index in [1.807, 2.05) is 0 Å². The van der Waals surface area contributed by atoms with Crippen LogP contribution in [0.25, 0.3) is 0 Å². The Balaban J connectivity index is 0.000000271. The number of aromatic hydroxyl groups is 2. The highest BCUT2D eigenvalue weighted by Crippen LogP contribution is 2.35. The van der Waals surface area contributed by atoms with Crippen LogP contribution >= 0.6 is 0 Å². The quantitative estimate of drug-likeness (QED) is 0.582. The van der Waals surface area contributed by atoms with Crippen LogP contribution in [0.3, 0.4) is 0 Å². The molecule has 2 rings (SSSR count). The molecule has 2 N–H and O–H groups in total. The molecule has 0 bridgehead atoms. The van der Waals surface area contributed by atoms with Gasteiger partial charge in [0.05, 0.1) is 25.8 Å². The summed E-state index contributed by atoms with van der Waals surface area (Å²) in [6.07, 6.45) is 0. The standard InChI is InChI=1S/C7H6N2O5.C6H4N2O5/c1-4-2-5(8(11)12)3-6(7(4)10)9(13)14;9-5-3-1-2-4(7(10)11)6(5)8(12)13/h2-3,10H,1H3;1-3,9H. The maximum atomic E-state index is 10.4. The molecule has 142 valence electrons. The van der Waals surface area contributed by atoms with Crippen molar-refractivity contribution in [1.29, 1.82) is 0 Å². The minimum absolute atomic E-state index is 0.103. The van der Waals surface area contributed by atoms with E-state index in [1.165, 1.54) is 13.0 Å². The fourth-order valence-electron chi connectivity index (χ4n) is 1.84. The van der Waals surface area contributed by atoms with Gasteiger partial charge < -0.3 is 10.2 Å². The van der Waals surface area contributed by atoms with Crippen molar-refractivity contribution < 1.29 is 29.9 Å². The summed E-state index contributed by atoms with van der Waals surface area (Å²) in [5.41, 5.74) is -2.56. The predicted molar refractivity (Wildman–Crippen MR) is 87.6 cm³/mol. The van der Waals surface area contributed by atoms with Crippen LogP contribution in [-0.4, -0.2) is 29.9 Å².